The highest BCUT2D eigenvalue weighted by Crippen LogP contribution is 2.29. The van der Waals surface area contributed by atoms with Crippen LogP contribution in [0, 0.1) is 0 Å². The van der Waals surface area contributed by atoms with E-state index in [1.54, 1.807) is 0 Å². The lowest BCUT2D eigenvalue weighted by Crippen LogP contribution is -2.54. The summed E-state index contributed by atoms with van der Waals surface area (Å²) in [7, 11) is 0. The minimum atomic E-state index is 0.894. The second kappa shape index (κ2) is 3.09. The Kier molecular flexibility index (Phi) is 1.54. The third-order valence-electron chi connectivity index (χ3n) is 4.16. The second-order valence-corrected chi connectivity index (χ2v) is 5.20. The molecule has 0 saturated heterocycles. The highest BCUT2D eigenvalue weighted by molar-refractivity contribution is 6.15. The molecule has 0 saturated carbocycles. The number of benzene rings is 2. The monoisotopic (exact) mass is 244 g/mol. The summed E-state index contributed by atoms with van der Waals surface area (Å²) >= 11 is 0. The Morgan fingerprint density at radius 2 is 1.16 bits per heavy atom. The van der Waals surface area contributed by atoms with E-state index < -0.39 is 0 Å². The molecule has 2 heteroatoms. The molecule has 5 rings (SSSR count). The van der Waals surface area contributed by atoms with Crippen LogP contribution in [0.2, 0.25) is 0 Å². The minimum absolute atomic E-state index is 0.894. The lowest BCUT2D eigenvalue weighted by atomic mass is 10.0. The molecule has 1 aliphatic heterocycles. The lowest BCUT2D eigenvalue weighted by molar-refractivity contribution is -0.892. The van der Waals surface area contributed by atoms with E-state index in [0.717, 1.165) is 6.67 Å². The average Bonchev–Trinajstić information content (AvgIpc) is 2.47. The molecule has 88 valence electrons. The minimum Gasteiger partial charge on any atom is -0.138 e. The van der Waals surface area contributed by atoms with E-state index >= 15 is 0 Å². The van der Waals surface area contributed by atoms with Crippen LogP contribution in [0.5, 0.6) is 0 Å². The number of hydrogen-bond donors (Lipinski definition) is 0. The maximum Gasteiger partial charge on any atom is 0.344 e. The smallest absolute Gasteiger partial charge is 0.138 e. The molecule has 0 amide bonds. The fourth-order valence-electron chi connectivity index (χ4n) is 3.35. The molecule has 4 aromatic rings. The van der Waals surface area contributed by atoms with Gasteiger partial charge in [0.2, 0.25) is 11.0 Å². The fourth-order valence-corrected chi connectivity index (χ4v) is 3.35. The van der Waals surface area contributed by atoms with Crippen molar-refractivity contribution in [3.05, 3.63) is 60.9 Å². The van der Waals surface area contributed by atoms with Crippen LogP contribution in [-0.4, -0.2) is 0 Å². The molecule has 0 atom stereocenters. The summed E-state index contributed by atoms with van der Waals surface area (Å²) in [4.78, 5) is 0. The van der Waals surface area contributed by atoms with Gasteiger partial charge in [-0.05, 0) is 29.7 Å². The quantitative estimate of drug-likeness (QED) is 0.292. The maximum atomic E-state index is 2.34. The molecular formula is C17H12N2+2. The largest absolute Gasteiger partial charge is 0.344 e. The molecule has 0 bridgehead atoms. The highest BCUT2D eigenvalue weighted by atomic mass is 15.2. The molecular weight excluding hydrogens is 232 g/mol. The Hall–Kier alpha value is -2.48. The van der Waals surface area contributed by atoms with Gasteiger partial charge in [0, 0.05) is 22.9 Å². The molecule has 0 N–H and O–H groups in total. The second-order valence-electron chi connectivity index (χ2n) is 5.20. The first-order valence-electron chi connectivity index (χ1n) is 6.58. The Balaban J connectivity index is 2.26. The van der Waals surface area contributed by atoms with Crippen LogP contribution in [0.1, 0.15) is 0 Å². The molecule has 19 heavy (non-hydrogen) atoms. The van der Waals surface area contributed by atoms with E-state index in [0.29, 0.717) is 0 Å². The van der Waals surface area contributed by atoms with Crippen molar-refractivity contribution in [2.24, 2.45) is 0 Å². The molecule has 1 aliphatic rings. The molecule has 2 nitrogen and oxygen atoms in total. The first-order valence-corrected chi connectivity index (χ1v) is 6.58. The van der Waals surface area contributed by atoms with Crippen molar-refractivity contribution in [2.45, 2.75) is 6.67 Å². The number of rotatable bonds is 0. The molecule has 3 heterocycles. The van der Waals surface area contributed by atoms with Crippen LogP contribution in [0.4, 0.5) is 0 Å². The van der Waals surface area contributed by atoms with E-state index in [1.165, 1.54) is 32.6 Å². The Labute approximate surface area is 110 Å². The molecule has 0 radical (unpaired) electrons. The third-order valence-corrected chi connectivity index (χ3v) is 4.16. The van der Waals surface area contributed by atoms with Gasteiger partial charge in [0.05, 0.1) is 0 Å². The van der Waals surface area contributed by atoms with Crippen molar-refractivity contribution in [1.82, 2.24) is 0 Å². The predicted molar refractivity (Wildman–Crippen MR) is 74.7 cm³/mol. The lowest BCUT2D eigenvalue weighted by Gasteiger charge is -2.10. The summed E-state index contributed by atoms with van der Waals surface area (Å²) < 4.78 is 4.67. The third kappa shape index (κ3) is 1.07. The Morgan fingerprint density at radius 3 is 1.74 bits per heavy atom. The summed E-state index contributed by atoms with van der Waals surface area (Å²) in [5, 5.41) is 5.33. The van der Waals surface area contributed by atoms with E-state index in [1.807, 2.05) is 0 Å². The first-order chi connectivity index (χ1) is 9.42. The van der Waals surface area contributed by atoms with Gasteiger partial charge >= 0.3 is 6.67 Å². The van der Waals surface area contributed by atoms with Crippen molar-refractivity contribution >= 4 is 32.6 Å². The van der Waals surface area contributed by atoms with E-state index in [-0.39, 0.29) is 0 Å². The zero-order valence-corrected chi connectivity index (χ0v) is 10.4. The van der Waals surface area contributed by atoms with Gasteiger partial charge in [-0.3, -0.25) is 0 Å². The van der Waals surface area contributed by atoms with Crippen molar-refractivity contribution in [1.29, 1.82) is 0 Å². The van der Waals surface area contributed by atoms with Gasteiger partial charge in [0.25, 0.3) is 0 Å². The maximum absolute atomic E-state index is 2.34. The fraction of sp³-hybridized carbons (Fsp3) is 0.0588. The number of hydrogen-bond acceptors (Lipinski definition) is 0. The molecule has 0 unspecified atom stereocenters. The summed E-state index contributed by atoms with van der Waals surface area (Å²) in [6.45, 7) is 0.894. The highest BCUT2D eigenvalue weighted by Gasteiger charge is 2.27. The first kappa shape index (κ1) is 9.45. The number of aromatic nitrogens is 2. The van der Waals surface area contributed by atoms with E-state index in [9.17, 15) is 0 Å². The van der Waals surface area contributed by atoms with Gasteiger partial charge in [0.15, 0.2) is 12.4 Å². The summed E-state index contributed by atoms with van der Waals surface area (Å²) in [5.41, 5.74) is 2.72. The van der Waals surface area contributed by atoms with Crippen molar-refractivity contribution in [3.8, 4) is 0 Å². The zero-order chi connectivity index (χ0) is 12.4. The molecule has 0 fully saturated rings. The van der Waals surface area contributed by atoms with Crippen LogP contribution in [-0.2, 0) is 6.67 Å². The van der Waals surface area contributed by atoms with Crippen LogP contribution >= 0.6 is 0 Å². The van der Waals surface area contributed by atoms with E-state index in [2.05, 4.69) is 70.1 Å². The Bertz CT molecular complexity index is 910. The molecule has 2 aromatic heterocycles. The SMILES string of the molecule is c1cc2ccc3ccc4ccc[n+]5c4c3c2[n+](c1)C5. The predicted octanol–water partition coefficient (Wildman–Crippen LogP) is 2.54. The van der Waals surface area contributed by atoms with Crippen LogP contribution in [0.3, 0.4) is 0 Å². The number of nitrogens with zero attached hydrogens (tertiary/aromatic N) is 2. The summed E-state index contributed by atoms with van der Waals surface area (Å²) in [6, 6.07) is 17.5. The summed E-state index contributed by atoms with van der Waals surface area (Å²) in [6.07, 6.45) is 4.34. The number of pyridine rings is 2. The van der Waals surface area contributed by atoms with E-state index in [4.69, 9.17) is 0 Å². The van der Waals surface area contributed by atoms with Crippen molar-refractivity contribution in [2.75, 3.05) is 0 Å². The molecule has 2 aromatic carbocycles. The molecule has 0 aliphatic carbocycles. The van der Waals surface area contributed by atoms with Crippen LogP contribution < -0.4 is 9.13 Å². The van der Waals surface area contributed by atoms with Gasteiger partial charge < -0.3 is 0 Å². The van der Waals surface area contributed by atoms with Crippen molar-refractivity contribution < 1.29 is 9.13 Å². The molecule has 0 spiro atoms. The Morgan fingerprint density at radius 1 is 0.632 bits per heavy atom. The van der Waals surface area contributed by atoms with Gasteiger partial charge in [-0.15, -0.1) is 9.13 Å². The van der Waals surface area contributed by atoms with Gasteiger partial charge in [-0.2, -0.15) is 0 Å². The average molecular weight is 244 g/mol. The topological polar surface area (TPSA) is 7.76 Å². The van der Waals surface area contributed by atoms with Gasteiger partial charge in [-0.1, -0.05) is 12.1 Å². The summed E-state index contributed by atoms with van der Waals surface area (Å²) in [5.74, 6) is 0. The zero-order valence-electron chi connectivity index (χ0n) is 10.4. The van der Waals surface area contributed by atoms with Gasteiger partial charge in [0.1, 0.15) is 5.39 Å². The standard InChI is InChI=1S/C17H12N2/c1-3-13-7-5-12-6-8-14-4-2-10-19-11-18(9-1)16(13)15(12)17(14)19/h1-10H,11H2/q+2. The van der Waals surface area contributed by atoms with Crippen LogP contribution in [0.25, 0.3) is 32.6 Å². The van der Waals surface area contributed by atoms with Crippen LogP contribution in [0.15, 0.2) is 60.9 Å². The van der Waals surface area contributed by atoms with Crippen molar-refractivity contribution in [3.63, 3.8) is 0 Å². The van der Waals surface area contributed by atoms with Gasteiger partial charge in [-0.25, -0.2) is 0 Å². The normalized spacial score (nSPS) is 13.1.